The summed E-state index contributed by atoms with van der Waals surface area (Å²) in [6.45, 7) is 0.244. The van der Waals surface area contributed by atoms with E-state index in [1.807, 2.05) is 22.9 Å². The van der Waals surface area contributed by atoms with Crippen molar-refractivity contribution in [3.63, 3.8) is 0 Å². The molecule has 1 aliphatic rings. The molecule has 0 amide bonds. The predicted molar refractivity (Wildman–Crippen MR) is 104 cm³/mol. The number of imidazole rings is 1. The molecule has 0 atom stereocenters. The fourth-order valence-electron chi connectivity index (χ4n) is 2.47. The maximum Gasteiger partial charge on any atom is 0.341 e. The highest BCUT2D eigenvalue weighted by molar-refractivity contribution is 14.0. The van der Waals surface area contributed by atoms with Crippen molar-refractivity contribution in [1.82, 2.24) is 9.38 Å². The Labute approximate surface area is 161 Å². The molecule has 25 heavy (non-hydrogen) atoms. The number of halogens is 1. The van der Waals surface area contributed by atoms with Gasteiger partial charge in [-0.15, -0.1) is 24.0 Å². The molecule has 0 spiro atoms. The zero-order valence-corrected chi connectivity index (χ0v) is 15.9. The van der Waals surface area contributed by atoms with Crippen LogP contribution in [0.15, 0.2) is 28.6 Å². The average Bonchev–Trinajstić information content (AvgIpc) is 3.37. The van der Waals surface area contributed by atoms with Crippen molar-refractivity contribution in [2.24, 2.45) is 15.9 Å². The molecule has 0 aromatic carbocycles. The lowest BCUT2D eigenvalue weighted by molar-refractivity contribution is -0.102. The van der Waals surface area contributed by atoms with E-state index >= 15 is 0 Å². The van der Waals surface area contributed by atoms with E-state index in [1.54, 1.807) is 0 Å². The number of hydrogen-bond donors (Lipinski definition) is 1. The first-order valence-electron chi connectivity index (χ1n) is 7.49. The Morgan fingerprint density at radius 3 is 2.84 bits per heavy atom. The lowest BCUT2D eigenvalue weighted by Crippen LogP contribution is -2.05. The molecule has 0 saturated heterocycles. The Morgan fingerprint density at radius 1 is 1.48 bits per heavy atom. The lowest BCUT2D eigenvalue weighted by Gasteiger charge is -2.05. The van der Waals surface area contributed by atoms with Crippen LogP contribution in [-0.2, 0) is 16.1 Å². The number of hydrogen-bond acceptors (Lipinski definition) is 7. The van der Waals surface area contributed by atoms with Crippen LogP contribution in [0.3, 0.4) is 0 Å². The molecule has 2 heterocycles. The number of nitrogens with zero attached hydrogens (tertiary/aromatic N) is 4. The Balaban J connectivity index is 0.00000225. The second-order valence-corrected chi connectivity index (χ2v) is 5.56. The highest BCUT2D eigenvalue weighted by Crippen LogP contribution is 2.40. The van der Waals surface area contributed by atoms with E-state index in [2.05, 4.69) is 15.1 Å². The van der Waals surface area contributed by atoms with Gasteiger partial charge in [-0.05, 0) is 30.4 Å². The zero-order valence-electron chi connectivity index (χ0n) is 13.6. The molecule has 0 bridgehead atoms. The van der Waals surface area contributed by atoms with Crippen LogP contribution >= 0.6 is 24.0 Å². The number of esters is 1. The van der Waals surface area contributed by atoms with E-state index in [1.165, 1.54) is 13.3 Å². The van der Waals surface area contributed by atoms with E-state index in [-0.39, 0.29) is 36.2 Å². The number of nitrogens with two attached hydrogens (primary N) is 1. The number of carbonyl (C=O) groups is 2. The van der Waals surface area contributed by atoms with E-state index in [4.69, 9.17) is 10.6 Å². The maximum absolute atomic E-state index is 12.0. The van der Waals surface area contributed by atoms with E-state index < -0.39 is 5.97 Å². The maximum atomic E-state index is 12.0. The van der Waals surface area contributed by atoms with Crippen molar-refractivity contribution in [3.05, 3.63) is 35.3 Å². The molecule has 3 rings (SSSR count). The molecule has 1 saturated carbocycles. The number of hydrazone groups is 1. The Morgan fingerprint density at radius 2 is 2.24 bits per heavy atom. The van der Waals surface area contributed by atoms with Gasteiger partial charge in [-0.2, -0.15) is 5.10 Å². The van der Waals surface area contributed by atoms with Crippen LogP contribution in [0.2, 0.25) is 0 Å². The van der Waals surface area contributed by atoms with Crippen LogP contribution < -0.4 is 5.84 Å². The molecule has 0 aliphatic heterocycles. The summed E-state index contributed by atoms with van der Waals surface area (Å²) in [6, 6.07) is 1.85. The number of carbonyl (C=O) groups excluding carboxylic acids is 2. The van der Waals surface area contributed by atoms with Crippen molar-refractivity contribution in [1.29, 1.82) is 0 Å². The standard InChI is InChI=1S/C16H17N5O3.HI/c1-24-16(23)14-4-11(10-2-3-10)7-21-8-12(19-15(14)21)5-18-6-13(9-22)20-17;/h4,6-10H,2-3,5,17H2,1H3;1H/b18-6?,20-13+;. The molecule has 1 aliphatic carbocycles. The van der Waals surface area contributed by atoms with Gasteiger partial charge in [-0.3, -0.25) is 9.79 Å². The summed E-state index contributed by atoms with van der Waals surface area (Å²) in [4.78, 5) is 31.2. The highest BCUT2D eigenvalue weighted by Gasteiger charge is 2.26. The van der Waals surface area contributed by atoms with Gasteiger partial charge in [0.2, 0.25) is 0 Å². The van der Waals surface area contributed by atoms with E-state index in [9.17, 15) is 9.59 Å². The van der Waals surface area contributed by atoms with Gasteiger partial charge in [0.15, 0.2) is 11.9 Å². The summed E-state index contributed by atoms with van der Waals surface area (Å²) in [6.07, 6.45) is 7.86. The van der Waals surface area contributed by atoms with Gasteiger partial charge in [0, 0.05) is 12.4 Å². The SMILES string of the molecule is COC(=O)c1cc(C2CC2)cn2cc(CN=C/C(C=O)=N\N)nc12.I. The third-order valence-corrected chi connectivity index (χ3v) is 3.82. The number of pyridine rings is 1. The van der Waals surface area contributed by atoms with Crippen LogP contribution in [0.4, 0.5) is 0 Å². The van der Waals surface area contributed by atoms with Gasteiger partial charge < -0.3 is 15.0 Å². The largest absolute Gasteiger partial charge is 0.465 e. The van der Waals surface area contributed by atoms with Crippen molar-refractivity contribution in [2.75, 3.05) is 7.11 Å². The summed E-state index contributed by atoms with van der Waals surface area (Å²) in [5.41, 5.74) is 2.78. The molecular weight excluding hydrogens is 437 g/mol. The minimum absolute atomic E-state index is 0. The van der Waals surface area contributed by atoms with Crippen LogP contribution in [0, 0.1) is 0 Å². The summed E-state index contributed by atoms with van der Waals surface area (Å²) >= 11 is 0. The number of aliphatic imine (C=N–C) groups is 1. The van der Waals surface area contributed by atoms with Crippen LogP contribution in [0.5, 0.6) is 0 Å². The molecule has 132 valence electrons. The minimum atomic E-state index is -0.415. The van der Waals surface area contributed by atoms with Gasteiger partial charge in [-0.25, -0.2) is 9.78 Å². The van der Waals surface area contributed by atoms with Gasteiger partial charge in [0.05, 0.1) is 25.6 Å². The van der Waals surface area contributed by atoms with E-state index in [0.29, 0.717) is 29.1 Å². The number of fused-ring (bicyclic) bond motifs is 1. The van der Waals surface area contributed by atoms with Gasteiger partial charge in [0.1, 0.15) is 11.3 Å². The van der Waals surface area contributed by atoms with Crippen molar-refractivity contribution >= 4 is 53.8 Å². The third kappa shape index (κ3) is 4.21. The Kier molecular flexibility index (Phi) is 6.23. The normalized spacial score (nSPS) is 14.5. The molecule has 2 N–H and O–H groups in total. The minimum Gasteiger partial charge on any atom is -0.465 e. The smallest absolute Gasteiger partial charge is 0.341 e. The van der Waals surface area contributed by atoms with Crippen LogP contribution in [0.1, 0.15) is 40.4 Å². The highest BCUT2D eigenvalue weighted by atomic mass is 127. The average molecular weight is 455 g/mol. The molecule has 0 radical (unpaired) electrons. The van der Waals surface area contributed by atoms with E-state index in [0.717, 1.165) is 18.4 Å². The first-order chi connectivity index (χ1) is 11.7. The zero-order chi connectivity index (χ0) is 17.1. The van der Waals surface area contributed by atoms with Gasteiger partial charge in [0.25, 0.3) is 0 Å². The Hall–Kier alpha value is -2.30. The van der Waals surface area contributed by atoms with Crippen LogP contribution in [0.25, 0.3) is 5.65 Å². The Bertz CT molecular complexity index is 855. The quantitative estimate of drug-likeness (QED) is 0.178. The van der Waals surface area contributed by atoms with Gasteiger partial charge >= 0.3 is 5.97 Å². The number of rotatable bonds is 6. The first kappa shape index (κ1) is 19.0. The summed E-state index contributed by atoms with van der Waals surface area (Å²) < 4.78 is 6.68. The molecular formula is C16H18IN5O3. The second kappa shape index (κ2) is 8.19. The predicted octanol–water partition coefficient (Wildman–Crippen LogP) is 1.70. The number of ether oxygens (including phenoxy) is 1. The summed E-state index contributed by atoms with van der Waals surface area (Å²) in [5, 5.41) is 3.28. The van der Waals surface area contributed by atoms with Crippen LogP contribution in [-0.4, -0.2) is 40.7 Å². The van der Waals surface area contributed by atoms with Crippen molar-refractivity contribution in [2.45, 2.75) is 25.3 Å². The van der Waals surface area contributed by atoms with Crippen molar-refractivity contribution in [3.8, 4) is 0 Å². The molecule has 0 unspecified atom stereocenters. The molecule has 9 heteroatoms. The molecule has 8 nitrogen and oxygen atoms in total. The third-order valence-electron chi connectivity index (χ3n) is 3.82. The second-order valence-electron chi connectivity index (χ2n) is 5.56. The fraction of sp³-hybridized carbons (Fsp3) is 0.312. The lowest BCUT2D eigenvalue weighted by atomic mass is 10.1. The topological polar surface area (TPSA) is 111 Å². The number of methoxy groups -OCH3 is 1. The monoisotopic (exact) mass is 455 g/mol. The number of aromatic nitrogens is 2. The van der Waals surface area contributed by atoms with Gasteiger partial charge in [-0.1, -0.05) is 0 Å². The molecule has 1 fully saturated rings. The first-order valence-corrected chi connectivity index (χ1v) is 7.49. The van der Waals surface area contributed by atoms with Crippen molar-refractivity contribution < 1.29 is 14.3 Å². The molecule has 2 aromatic heterocycles. The molecule has 2 aromatic rings. The summed E-state index contributed by atoms with van der Waals surface area (Å²) in [7, 11) is 1.35. The fourth-order valence-corrected chi connectivity index (χ4v) is 2.47. The number of aldehydes is 1. The summed E-state index contributed by atoms with van der Waals surface area (Å²) in [5.74, 6) is 5.12.